The van der Waals surface area contributed by atoms with Gasteiger partial charge >= 0.3 is 0 Å². The third kappa shape index (κ3) is 49.4. The Morgan fingerprint density at radius 2 is 0.766 bits per heavy atom. The zero-order valence-corrected chi connectivity index (χ0v) is 44.7. The summed E-state index contributed by atoms with van der Waals surface area (Å²) < 4.78 is 23.4. The molecule has 0 aliphatic carbocycles. The number of aliphatic hydroxyl groups is 1. The minimum atomic E-state index is -4.56. The second kappa shape index (κ2) is 47.6. The van der Waals surface area contributed by atoms with Crippen LogP contribution in [-0.4, -0.2) is 68.5 Å². The summed E-state index contributed by atoms with van der Waals surface area (Å²) in [7, 11) is 1.32. The summed E-state index contributed by atoms with van der Waals surface area (Å²) >= 11 is 0. The third-order valence-corrected chi connectivity index (χ3v) is 14.3. The van der Waals surface area contributed by atoms with Crippen LogP contribution in [0.5, 0.6) is 0 Å². The highest BCUT2D eigenvalue weighted by Gasteiger charge is 2.24. The van der Waals surface area contributed by atoms with Crippen molar-refractivity contribution >= 4 is 13.7 Å². The molecule has 0 radical (unpaired) electrons. The van der Waals surface area contributed by atoms with Gasteiger partial charge in [-0.05, 0) is 12.8 Å². The average molecular weight is 929 g/mol. The number of hydrogen-bond acceptors (Lipinski definition) is 6. The van der Waals surface area contributed by atoms with E-state index in [9.17, 15) is 19.4 Å². The molecule has 3 atom stereocenters. The Hall–Kier alpha value is -0.500. The topological polar surface area (TPSA) is 108 Å². The maximum absolute atomic E-state index is 13.0. The maximum atomic E-state index is 13.0. The molecule has 9 heteroatoms. The van der Waals surface area contributed by atoms with Crippen LogP contribution in [0.2, 0.25) is 0 Å². The van der Waals surface area contributed by atoms with Crippen LogP contribution in [0.4, 0.5) is 0 Å². The molecule has 0 aromatic rings. The van der Waals surface area contributed by atoms with Gasteiger partial charge < -0.3 is 28.8 Å². The van der Waals surface area contributed by atoms with Crippen molar-refractivity contribution in [1.29, 1.82) is 0 Å². The normalized spacial score (nSPS) is 13.9. The molecule has 2 N–H and O–H groups in total. The number of quaternary nitrogens is 1. The van der Waals surface area contributed by atoms with E-state index in [1.54, 1.807) is 0 Å². The standard InChI is InChI=1S/C55H113N2O6P/c1-6-8-10-12-14-16-18-20-22-23-24-25-26-27-28-29-30-31-32-33-34-35-37-39-41-43-45-47-49-55(59)56-53(52-63-64(60,61)62-51-50-57(3,4)5)54(58)48-46-44-42-40-38-36-21-19-17-15-13-11-9-7-2/h53-54,58H,6-52H2,1-5H3,(H-,56,59,60,61). The van der Waals surface area contributed by atoms with E-state index in [-0.39, 0.29) is 19.1 Å². The Balaban J connectivity index is 4.03. The molecule has 1 amide bonds. The molecule has 0 aromatic heterocycles. The van der Waals surface area contributed by atoms with Crippen molar-refractivity contribution < 1.29 is 32.9 Å². The number of carbonyl (C=O) groups excluding carboxylic acids is 1. The average Bonchev–Trinajstić information content (AvgIpc) is 3.25. The summed E-state index contributed by atoms with van der Waals surface area (Å²) in [6.07, 6.45) is 55.7. The quantitative estimate of drug-likeness (QED) is 0.0357. The zero-order valence-electron chi connectivity index (χ0n) is 43.8. The molecular weight excluding hydrogens is 816 g/mol. The van der Waals surface area contributed by atoms with Gasteiger partial charge in [-0.1, -0.05) is 277 Å². The van der Waals surface area contributed by atoms with Gasteiger partial charge in [0.25, 0.3) is 7.82 Å². The molecule has 0 spiro atoms. The summed E-state index contributed by atoms with van der Waals surface area (Å²) in [5.41, 5.74) is 0. The Morgan fingerprint density at radius 1 is 0.484 bits per heavy atom. The lowest BCUT2D eigenvalue weighted by atomic mass is 10.0. The van der Waals surface area contributed by atoms with Crippen molar-refractivity contribution in [3.63, 3.8) is 0 Å². The Kier molecular flexibility index (Phi) is 47.2. The van der Waals surface area contributed by atoms with E-state index in [0.29, 0.717) is 23.9 Å². The Morgan fingerprint density at radius 3 is 1.06 bits per heavy atom. The number of aliphatic hydroxyl groups excluding tert-OH is 1. The van der Waals surface area contributed by atoms with Gasteiger partial charge in [0.15, 0.2) is 0 Å². The predicted octanol–water partition coefficient (Wildman–Crippen LogP) is 16.2. The molecule has 384 valence electrons. The van der Waals surface area contributed by atoms with Gasteiger partial charge in [0.1, 0.15) is 13.2 Å². The highest BCUT2D eigenvalue weighted by atomic mass is 31.2. The predicted molar refractivity (Wildman–Crippen MR) is 275 cm³/mol. The van der Waals surface area contributed by atoms with E-state index in [1.165, 1.54) is 231 Å². The molecule has 64 heavy (non-hydrogen) atoms. The second-order valence-corrected chi connectivity index (χ2v) is 22.4. The highest BCUT2D eigenvalue weighted by Crippen LogP contribution is 2.38. The Bertz CT molecular complexity index is 1010. The number of nitrogens with zero attached hydrogens (tertiary/aromatic N) is 1. The summed E-state index contributed by atoms with van der Waals surface area (Å²) in [5, 5.41) is 14.0. The minimum Gasteiger partial charge on any atom is -0.756 e. The lowest BCUT2D eigenvalue weighted by Gasteiger charge is -2.30. The van der Waals surface area contributed by atoms with Crippen LogP contribution in [0, 0.1) is 0 Å². The first-order chi connectivity index (χ1) is 31.0. The molecule has 3 unspecified atom stereocenters. The maximum Gasteiger partial charge on any atom is 0.268 e. The van der Waals surface area contributed by atoms with Gasteiger partial charge in [-0.15, -0.1) is 0 Å². The Labute approximate surface area is 399 Å². The van der Waals surface area contributed by atoms with E-state index in [1.807, 2.05) is 21.1 Å². The van der Waals surface area contributed by atoms with E-state index in [0.717, 1.165) is 38.5 Å². The first-order valence-electron chi connectivity index (χ1n) is 28.4. The van der Waals surface area contributed by atoms with E-state index >= 15 is 0 Å². The van der Waals surface area contributed by atoms with Crippen molar-refractivity contribution in [2.45, 2.75) is 309 Å². The molecule has 0 fully saturated rings. The molecule has 0 saturated carbocycles. The SMILES string of the molecule is CCCCCCCCCCCCCCCCCCCCCCCCCCCCCCC(=O)NC(COP(=O)([O-])OCC[N+](C)(C)C)C(O)CCCCCCCCCCCCCCCC. The van der Waals surface area contributed by atoms with Crippen molar-refractivity contribution in [3.05, 3.63) is 0 Å². The van der Waals surface area contributed by atoms with Crippen LogP contribution < -0.4 is 10.2 Å². The van der Waals surface area contributed by atoms with Crippen molar-refractivity contribution in [1.82, 2.24) is 5.32 Å². The fraction of sp³-hybridized carbons (Fsp3) is 0.982. The third-order valence-electron chi connectivity index (χ3n) is 13.3. The number of hydrogen-bond donors (Lipinski definition) is 2. The number of carbonyl (C=O) groups is 1. The van der Waals surface area contributed by atoms with Crippen LogP contribution in [-0.2, 0) is 18.4 Å². The van der Waals surface area contributed by atoms with Crippen LogP contribution in [0.3, 0.4) is 0 Å². The van der Waals surface area contributed by atoms with Crippen molar-refractivity contribution in [2.24, 2.45) is 0 Å². The molecular formula is C55H113N2O6P. The van der Waals surface area contributed by atoms with Gasteiger partial charge in [0.2, 0.25) is 5.91 Å². The lowest BCUT2D eigenvalue weighted by molar-refractivity contribution is -0.870. The summed E-state index contributed by atoms with van der Waals surface area (Å²) in [6.45, 7) is 4.77. The van der Waals surface area contributed by atoms with Crippen molar-refractivity contribution in [3.8, 4) is 0 Å². The largest absolute Gasteiger partial charge is 0.756 e. The first kappa shape index (κ1) is 63.5. The van der Waals surface area contributed by atoms with E-state index in [4.69, 9.17) is 9.05 Å². The molecule has 0 aliphatic heterocycles. The zero-order chi connectivity index (χ0) is 47.1. The fourth-order valence-electron chi connectivity index (χ4n) is 8.87. The van der Waals surface area contributed by atoms with Crippen LogP contribution in [0.25, 0.3) is 0 Å². The number of likely N-dealkylation sites (N-methyl/N-ethyl adjacent to an activating group) is 1. The number of phosphoric ester groups is 1. The summed E-state index contributed by atoms with van der Waals surface area (Å²) in [5.74, 6) is -0.157. The second-order valence-electron chi connectivity index (χ2n) is 21.0. The number of unbranched alkanes of at least 4 members (excludes halogenated alkanes) is 40. The van der Waals surface area contributed by atoms with Gasteiger partial charge in [0, 0.05) is 6.42 Å². The summed E-state index contributed by atoms with van der Waals surface area (Å²) in [6, 6.07) is -0.794. The number of amides is 1. The molecule has 0 heterocycles. The van der Waals surface area contributed by atoms with E-state index in [2.05, 4.69) is 19.2 Å². The minimum absolute atomic E-state index is 0.0164. The molecule has 0 rings (SSSR count). The summed E-state index contributed by atoms with van der Waals surface area (Å²) in [4.78, 5) is 25.5. The van der Waals surface area contributed by atoms with Crippen LogP contribution in [0.1, 0.15) is 296 Å². The van der Waals surface area contributed by atoms with Crippen LogP contribution in [0.15, 0.2) is 0 Å². The molecule has 8 nitrogen and oxygen atoms in total. The molecule has 0 aromatic carbocycles. The number of phosphoric acid groups is 1. The molecule has 0 bridgehead atoms. The molecule has 0 saturated heterocycles. The van der Waals surface area contributed by atoms with Gasteiger partial charge in [-0.2, -0.15) is 0 Å². The van der Waals surface area contributed by atoms with Gasteiger partial charge in [0.05, 0.1) is 39.9 Å². The smallest absolute Gasteiger partial charge is 0.268 e. The van der Waals surface area contributed by atoms with Crippen LogP contribution >= 0.6 is 7.82 Å². The fourth-order valence-corrected chi connectivity index (χ4v) is 9.59. The van der Waals surface area contributed by atoms with Crippen molar-refractivity contribution in [2.75, 3.05) is 40.9 Å². The monoisotopic (exact) mass is 929 g/mol. The van der Waals surface area contributed by atoms with Gasteiger partial charge in [-0.25, -0.2) is 0 Å². The molecule has 0 aliphatic rings. The first-order valence-corrected chi connectivity index (χ1v) is 29.8. The van der Waals surface area contributed by atoms with Gasteiger partial charge in [-0.3, -0.25) is 9.36 Å². The highest BCUT2D eigenvalue weighted by molar-refractivity contribution is 7.45. The number of nitrogens with one attached hydrogen (secondary N) is 1. The van der Waals surface area contributed by atoms with E-state index < -0.39 is 20.0 Å². The number of rotatable bonds is 53. The lowest BCUT2D eigenvalue weighted by Crippen LogP contribution is -2.46.